The zero-order valence-electron chi connectivity index (χ0n) is 17.3. The van der Waals surface area contributed by atoms with Crippen LogP contribution in [-0.2, 0) is 46.4 Å². The maximum atomic E-state index is 12.7. The molecule has 1 fully saturated rings. The van der Waals surface area contributed by atoms with Crippen molar-refractivity contribution in [1.82, 2.24) is 20.0 Å². The van der Waals surface area contributed by atoms with E-state index in [1.54, 1.807) is 38.0 Å². The Morgan fingerprint density at radius 3 is 2.77 bits per heavy atom. The number of esters is 1. The average molecular weight is 446 g/mol. The first kappa shape index (κ1) is 24.0. The second kappa shape index (κ2) is 9.69. The third-order valence-electron chi connectivity index (χ3n) is 4.29. The molecule has 2 rings (SSSR count). The predicted molar refractivity (Wildman–Crippen MR) is 103 cm³/mol. The van der Waals surface area contributed by atoms with E-state index in [0.717, 1.165) is 0 Å². The van der Waals surface area contributed by atoms with Crippen molar-refractivity contribution in [2.24, 2.45) is 12.5 Å². The minimum absolute atomic E-state index is 0.0139. The molecule has 1 aliphatic heterocycles. The van der Waals surface area contributed by atoms with E-state index in [0.29, 0.717) is 5.69 Å². The second-order valence-corrected chi connectivity index (χ2v) is 9.39. The average Bonchev–Trinajstić information content (AvgIpc) is 3.07. The van der Waals surface area contributed by atoms with E-state index in [2.05, 4.69) is 15.4 Å². The van der Waals surface area contributed by atoms with Gasteiger partial charge in [0.25, 0.3) is 0 Å². The normalized spacial score (nSPS) is 24.1. The Balaban J connectivity index is 1.85. The van der Waals surface area contributed by atoms with E-state index >= 15 is 0 Å². The van der Waals surface area contributed by atoms with Crippen LogP contribution in [0.25, 0.3) is 0 Å². The monoisotopic (exact) mass is 446 g/mol. The number of amides is 1. The van der Waals surface area contributed by atoms with E-state index in [9.17, 15) is 18.9 Å². The summed E-state index contributed by atoms with van der Waals surface area (Å²) < 4.78 is 30.0. The maximum Gasteiger partial charge on any atom is 0.407 e. The van der Waals surface area contributed by atoms with Crippen LogP contribution in [-0.4, -0.2) is 57.8 Å². The Bertz CT molecular complexity index is 839. The van der Waals surface area contributed by atoms with Crippen molar-refractivity contribution in [3.8, 4) is 0 Å². The van der Waals surface area contributed by atoms with Crippen molar-refractivity contribution < 1.29 is 37.8 Å². The summed E-state index contributed by atoms with van der Waals surface area (Å²) in [6.07, 6.45) is 2.06. The van der Waals surface area contributed by atoms with Gasteiger partial charge in [0.05, 0.1) is 25.0 Å². The summed E-state index contributed by atoms with van der Waals surface area (Å²) in [5.41, 5.74) is -0.225. The molecule has 0 bridgehead atoms. The Morgan fingerprint density at radius 2 is 2.17 bits per heavy atom. The molecule has 0 radical (unpaired) electrons. The highest BCUT2D eigenvalue weighted by molar-refractivity contribution is 7.51. The quantitative estimate of drug-likeness (QED) is 0.362. The Labute approximate surface area is 173 Å². The van der Waals surface area contributed by atoms with Crippen molar-refractivity contribution in [3.05, 3.63) is 18.2 Å². The summed E-state index contributed by atoms with van der Waals surface area (Å²) in [5, 5.41) is 13.8. The molecule has 2 unspecified atom stereocenters. The van der Waals surface area contributed by atoms with Crippen LogP contribution >= 0.6 is 7.75 Å². The molecule has 3 atom stereocenters. The van der Waals surface area contributed by atoms with Gasteiger partial charge in [0.15, 0.2) is 6.10 Å². The van der Waals surface area contributed by atoms with E-state index in [-0.39, 0.29) is 26.2 Å². The number of carbonyl (C=O) groups is 3. The number of carboxylic acid groups (broad SMARTS) is 1. The molecule has 0 aromatic carbocycles. The van der Waals surface area contributed by atoms with Crippen LogP contribution in [0.3, 0.4) is 0 Å². The number of nitrogens with one attached hydrogen (secondary N) is 2. The summed E-state index contributed by atoms with van der Waals surface area (Å²) in [6, 6.07) is -1.20. The van der Waals surface area contributed by atoms with E-state index in [1.165, 1.54) is 6.92 Å². The van der Waals surface area contributed by atoms with E-state index < -0.39 is 43.2 Å². The largest absolute Gasteiger partial charge is 0.480 e. The number of aliphatic carboxylic acids is 1. The number of hydrogen-bond acceptors (Lipinski definition) is 8. The molecule has 1 aliphatic rings. The zero-order chi connectivity index (χ0) is 22.5. The van der Waals surface area contributed by atoms with Gasteiger partial charge in [-0.1, -0.05) is 13.8 Å². The molecule has 1 amide bonds. The van der Waals surface area contributed by atoms with Gasteiger partial charge < -0.3 is 19.7 Å². The van der Waals surface area contributed by atoms with Crippen LogP contribution in [0.15, 0.2) is 12.5 Å². The highest BCUT2D eigenvalue weighted by Gasteiger charge is 2.48. The minimum atomic E-state index is -4.00. The molecule has 0 saturated carbocycles. The predicted octanol–water partition coefficient (Wildman–Crippen LogP) is 0.582. The molecule has 1 saturated heterocycles. The van der Waals surface area contributed by atoms with Crippen molar-refractivity contribution in [2.45, 2.75) is 45.9 Å². The topological polar surface area (TPSA) is 158 Å². The van der Waals surface area contributed by atoms with Gasteiger partial charge in [0.1, 0.15) is 12.6 Å². The molecular weight excluding hydrogens is 419 g/mol. The van der Waals surface area contributed by atoms with Crippen molar-refractivity contribution in [2.75, 3.05) is 13.2 Å². The standard InChI is InChI=1S/C17H27N4O8P/c1-11(16(24)25)20-30(26)28-9-17(2,3)14(29-30)15(23)18-6-5-13(22)27-8-12-7-21(4)10-19-12/h7,10-11,14H,5-6,8-9H2,1-4H3,(H,18,23)(H,20,26)(H,24,25)/t11?,14-,30?/m0/s1. The van der Waals surface area contributed by atoms with Gasteiger partial charge in [-0.05, 0) is 6.92 Å². The van der Waals surface area contributed by atoms with Crippen LogP contribution in [0, 0.1) is 5.41 Å². The molecule has 0 spiro atoms. The Morgan fingerprint density at radius 1 is 1.47 bits per heavy atom. The van der Waals surface area contributed by atoms with Gasteiger partial charge in [-0.3, -0.25) is 23.4 Å². The molecule has 1 aromatic heterocycles. The number of rotatable bonds is 9. The highest BCUT2D eigenvalue weighted by Crippen LogP contribution is 2.53. The molecule has 2 heterocycles. The number of ether oxygens (including phenoxy) is 1. The molecule has 12 nitrogen and oxygen atoms in total. The van der Waals surface area contributed by atoms with Gasteiger partial charge in [-0.15, -0.1) is 0 Å². The van der Waals surface area contributed by atoms with Crippen LogP contribution in [0.5, 0.6) is 0 Å². The SMILES string of the molecule is CC(NP1(=O)OCC(C)(C)[C@H](C(=O)NCCC(=O)OCc2cn(C)cn2)O1)C(=O)O. The lowest BCUT2D eigenvalue weighted by Gasteiger charge is -2.40. The number of carboxylic acids is 1. The van der Waals surface area contributed by atoms with Gasteiger partial charge in [0.2, 0.25) is 5.91 Å². The summed E-state index contributed by atoms with van der Waals surface area (Å²) in [7, 11) is -2.20. The first-order valence-corrected chi connectivity index (χ1v) is 10.8. The summed E-state index contributed by atoms with van der Waals surface area (Å²) >= 11 is 0. The van der Waals surface area contributed by atoms with Crippen molar-refractivity contribution in [1.29, 1.82) is 0 Å². The number of hydrogen-bond donors (Lipinski definition) is 3. The first-order chi connectivity index (χ1) is 13.9. The van der Waals surface area contributed by atoms with Gasteiger partial charge in [-0.2, -0.15) is 0 Å². The minimum Gasteiger partial charge on any atom is -0.480 e. The molecular formula is C17H27N4O8P. The maximum absolute atomic E-state index is 12.7. The van der Waals surface area contributed by atoms with Gasteiger partial charge >= 0.3 is 19.7 Å². The van der Waals surface area contributed by atoms with Crippen molar-refractivity contribution in [3.63, 3.8) is 0 Å². The number of imidazole rings is 1. The molecule has 3 N–H and O–H groups in total. The third kappa shape index (κ3) is 6.63. The number of carbonyl (C=O) groups excluding carboxylic acids is 2. The summed E-state index contributed by atoms with van der Waals surface area (Å²) in [4.78, 5) is 39.4. The summed E-state index contributed by atoms with van der Waals surface area (Å²) in [5.74, 6) is -2.35. The fraction of sp³-hybridized carbons (Fsp3) is 0.647. The fourth-order valence-corrected chi connectivity index (χ4v) is 4.49. The van der Waals surface area contributed by atoms with Crippen LogP contribution in [0.2, 0.25) is 0 Å². The molecule has 168 valence electrons. The van der Waals surface area contributed by atoms with Crippen molar-refractivity contribution >= 4 is 25.6 Å². The highest BCUT2D eigenvalue weighted by atomic mass is 31.2. The fourth-order valence-electron chi connectivity index (χ4n) is 2.55. The Kier molecular flexibility index (Phi) is 7.75. The van der Waals surface area contributed by atoms with Crippen LogP contribution in [0.4, 0.5) is 0 Å². The third-order valence-corrected chi connectivity index (χ3v) is 5.95. The van der Waals surface area contributed by atoms with Crippen LogP contribution in [0.1, 0.15) is 32.9 Å². The lowest BCUT2D eigenvalue weighted by atomic mass is 9.87. The van der Waals surface area contributed by atoms with Gasteiger partial charge in [0, 0.05) is 25.2 Å². The lowest BCUT2D eigenvalue weighted by Crippen LogP contribution is -2.51. The molecule has 0 aliphatic carbocycles. The Hall–Kier alpha value is -2.27. The van der Waals surface area contributed by atoms with E-state index in [1.807, 2.05) is 0 Å². The molecule has 1 aromatic rings. The second-order valence-electron chi connectivity index (χ2n) is 7.67. The number of aryl methyl sites for hydroxylation is 1. The zero-order valence-corrected chi connectivity index (χ0v) is 18.2. The van der Waals surface area contributed by atoms with E-state index in [4.69, 9.17) is 18.9 Å². The lowest BCUT2D eigenvalue weighted by molar-refractivity contribution is -0.145. The van der Waals surface area contributed by atoms with Crippen LogP contribution < -0.4 is 10.4 Å². The summed E-state index contributed by atoms with van der Waals surface area (Å²) in [6.45, 7) is 4.57. The smallest absolute Gasteiger partial charge is 0.407 e. The number of aromatic nitrogens is 2. The number of nitrogens with zero attached hydrogens (tertiary/aromatic N) is 2. The first-order valence-electron chi connectivity index (χ1n) is 9.25. The molecule has 30 heavy (non-hydrogen) atoms. The van der Waals surface area contributed by atoms with Gasteiger partial charge in [-0.25, -0.2) is 14.6 Å². The molecule has 13 heteroatoms.